The lowest BCUT2D eigenvalue weighted by Crippen LogP contribution is -2.25. The Morgan fingerprint density at radius 1 is 1.23 bits per heavy atom. The number of H-pyrrole nitrogens is 1. The summed E-state index contributed by atoms with van der Waals surface area (Å²) in [4.78, 5) is 37.8. The van der Waals surface area contributed by atoms with E-state index in [1.165, 1.54) is 18.2 Å². The van der Waals surface area contributed by atoms with Crippen molar-refractivity contribution >= 4 is 29.1 Å². The molecule has 114 valence electrons. The molecule has 0 radical (unpaired) electrons. The highest BCUT2D eigenvalue weighted by Gasteiger charge is 2.15. The second-order valence-electron chi connectivity index (χ2n) is 4.85. The number of amides is 2. The van der Waals surface area contributed by atoms with Crippen molar-refractivity contribution in [1.29, 1.82) is 0 Å². The Labute approximate surface area is 131 Å². The molecule has 0 saturated heterocycles. The average Bonchev–Trinajstić information content (AvgIpc) is 2.36. The molecule has 2 rings (SSSR count). The van der Waals surface area contributed by atoms with Crippen LogP contribution in [-0.4, -0.2) is 16.8 Å². The molecule has 4 N–H and O–H groups in total. The Balaban J connectivity index is 2.32. The number of aromatic nitrogens is 1. The zero-order chi connectivity index (χ0) is 16.4. The number of benzene rings is 1. The van der Waals surface area contributed by atoms with Crippen LogP contribution in [0.5, 0.6) is 0 Å². The number of pyridine rings is 1. The summed E-state index contributed by atoms with van der Waals surface area (Å²) in [5, 5.41) is 2.70. The van der Waals surface area contributed by atoms with Gasteiger partial charge < -0.3 is 16.0 Å². The minimum absolute atomic E-state index is 0.0284. The summed E-state index contributed by atoms with van der Waals surface area (Å²) in [5.41, 5.74) is 6.48. The van der Waals surface area contributed by atoms with Crippen molar-refractivity contribution < 1.29 is 9.59 Å². The highest BCUT2D eigenvalue weighted by atomic mass is 35.5. The Morgan fingerprint density at radius 2 is 1.91 bits per heavy atom. The molecule has 0 bridgehead atoms. The minimum atomic E-state index is -0.659. The molecule has 0 saturated carbocycles. The van der Waals surface area contributed by atoms with E-state index < -0.39 is 17.4 Å². The first-order valence-electron chi connectivity index (χ1n) is 6.41. The number of carbonyl (C=O) groups is 2. The molecule has 1 heterocycles. The molecule has 0 fully saturated rings. The van der Waals surface area contributed by atoms with Crippen molar-refractivity contribution in [2.45, 2.75) is 13.8 Å². The van der Waals surface area contributed by atoms with Crippen LogP contribution in [0.3, 0.4) is 0 Å². The molecule has 6 nitrogen and oxygen atoms in total. The second kappa shape index (κ2) is 6.03. The number of carbonyl (C=O) groups excluding carboxylic acids is 2. The van der Waals surface area contributed by atoms with E-state index in [1.807, 2.05) is 0 Å². The molecule has 2 amide bonds. The van der Waals surface area contributed by atoms with Gasteiger partial charge in [0, 0.05) is 11.4 Å². The second-order valence-corrected chi connectivity index (χ2v) is 5.26. The van der Waals surface area contributed by atoms with Crippen molar-refractivity contribution in [2.24, 2.45) is 5.73 Å². The number of hydrogen-bond acceptors (Lipinski definition) is 3. The van der Waals surface area contributed by atoms with Gasteiger partial charge in [-0.25, -0.2) is 0 Å². The SMILES string of the molecule is Cc1cc(C)c(C(=O)Nc2ccc(C(N)=O)c(Cl)c2)c(=O)[nH]1. The third-order valence-corrected chi connectivity index (χ3v) is 3.40. The third kappa shape index (κ3) is 3.17. The van der Waals surface area contributed by atoms with Crippen molar-refractivity contribution in [1.82, 2.24) is 4.98 Å². The van der Waals surface area contributed by atoms with Crippen molar-refractivity contribution in [2.75, 3.05) is 5.32 Å². The van der Waals surface area contributed by atoms with E-state index in [1.54, 1.807) is 19.9 Å². The van der Waals surface area contributed by atoms with Gasteiger partial charge in [0.05, 0.1) is 10.6 Å². The zero-order valence-corrected chi connectivity index (χ0v) is 12.7. The number of halogens is 1. The zero-order valence-electron chi connectivity index (χ0n) is 12.0. The third-order valence-electron chi connectivity index (χ3n) is 3.08. The summed E-state index contributed by atoms with van der Waals surface area (Å²) < 4.78 is 0. The lowest BCUT2D eigenvalue weighted by atomic mass is 10.1. The smallest absolute Gasteiger partial charge is 0.261 e. The van der Waals surface area contributed by atoms with E-state index in [0.717, 1.165) is 0 Å². The van der Waals surface area contributed by atoms with Gasteiger partial charge in [-0.1, -0.05) is 11.6 Å². The maximum Gasteiger partial charge on any atom is 0.261 e. The normalized spacial score (nSPS) is 10.3. The highest BCUT2D eigenvalue weighted by molar-refractivity contribution is 6.34. The summed E-state index contributed by atoms with van der Waals surface area (Å²) in [6, 6.07) is 6.00. The molecule has 0 aliphatic rings. The van der Waals surface area contributed by atoms with E-state index in [-0.39, 0.29) is 16.1 Å². The van der Waals surface area contributed by atoms with Gasteiger partial charge in [0.15, 0.2) is 0 Å². The molecule has 2 aromatic rings. The van der Waals surface area contributed by atoms with Crippen LogP contribution in [0.4, 0.5) is 5.69 Å². The summed E-state index contributed by atoms with van der Waals surface area (Å²) >= 11 is 5.92. The number of nitrogens with two attached hydrogens (primary N) is 1. The average molecular weight is 320 g/mol. The molecule has 0 aliphatic heterocycles. The van der Waals surface area contributed by atoms with Gasteiger partial charge in [-0.2, -0.15) is 0 Å². The van der Waals surface area contributed by atoms with Crippen LogP contribution in [0.2, 0.25) is 5.02 Å². The maximum absolute atomic E-state index is 12.2. The van der Waals surface area contributed by atoms with Crippen LogP contribution >= 0.6 is 11.6 Å². The van der Waals surface area contributed by atoms with Gasteiger partial charge in [-0.15, -0.1) is 0 Å². The van der Waals surface area contributed by atoms with Crippen LogP contribution in [0.25, 0.3) is 0 Å². The molecule has 1 aromatic carbocycles. The molecule has 1 aromatic heterocycles. The van der Waals surface area contributed by atoms with E-state index >= 15 is 0 Å². The topological polar surface area (TPSA) is 105 Å². The van der Waals surface area contributed by atoms with Crippen LogP contribution < -0.4 is 16.6 Å². The van der Waals surface area contributed by atoms with Gasteiger partial charge in [-0.05, 0) is 43.7 Å². The van der Waals surface area contributed by atoms with Crippen molar-refractivity contribution in [3.8, 4) is 0 Å². The number of rotatable bonds is 3. The fraction of sp³-hybridized carbons (Fsp3) is 0.133. The summed E-state index contributed by atoms with van der Waals surface area (Å²) in [7, 11) is 0. The van der Waals surface area contributed by atoms with Gasteiger partial charge >= 0.3 is 0 Å². The van der Waals surface area contributed by atoms with Gasteiger partial charge in [0.1, 0.15) is 5.56 Å². The Hall–Kier alpha value is -2.60. The number of hydrogen-bond donors (Lipinski definition) is 3. The first kappa shape index (κ1) is 15.8. The minimum Gasteiger partial charge on any atom is -0.366 e. The molecule has 0 spiro atoms. The van der Waals surface area contributed by atoms with Gasteiger partial charge in [-0.3, -0.25) is 14.4 Å². The Kier molecular flexibility index (Phi) is 4.32. The summed E-state index contributed by atoms with van der Waals surface area (Å²) in [6.45, 7) is 3.42. The number of anilines is 1. The standard InChI is InChI=1S/C15H14ClN3O3/c1-7-5-8(2)18-14(21)12(7)15(22)19-9-3-4-10(13(17)20)11(16)6-9/h3-6H,1-2H3,(H2,17,20)(H,18,21)(H,19,22). The quantitative estimate of drug-likeness (QED) is 0.805. The number of aryl methyl sites for hydroxylation is 2. The van der Waals surface area contributed by atoms with Crippen molar-refractivity contribution in [3.63, 3.8) is 0 Å². The number of nitrogens with one attached hydrogen (secondary N) is 2. The van der Waals surface area contributed by atoms with Crippen molar-refractivity contribution in [3.05, 3.63) is 62.0 Å². The van der Waals surface area contributed by atoms with E-state index in [0.29, 0.717) is 16.9 Å². The van der Waals surface area contributed by atoms with E-state index in [4.69, 9.17) is 17.3 Å². The van der Waals surface area contributed by atoms with Gasteiger partial charge in [0.2, 0.25) is 5.91 Å². The molecule has 22 heavy (non-hydrogen) atoms. The monoisotopic (exact) mass is 319 g/mol. The predicted octanol–water partition coefficient (Wildman–Crippen LogP) is 2.00. The first-order valence-corrected chi connectivity index (χ1v) is 6.78. The Morgan fingerprint density at radius 3 is 2.45 bits per heavy atom. The summed E-state index contributed by atoms with van der Waals surface area (Å²) in [6.07, 6.45) is 0. The van der Waals surface area contributed by atoms with Crippen LogP contribution in [-0.2, 0) is 0 Å². The largest absolute Gasteiger partial charge is 0.366 e. The lowest BCUT2D eigenvalue weighted by Gasteiger charge is -2.09. The Bertz CT molecular complexity index is 827. The lowest BCUT2D eigenvalue weighted by molar-refractivity contribution is 0.0998. The molecule has 0 aliphatic carbocycles. The van der Waals surface area contributed by atoms with Crippen LogP contribution in [0, 0.1) is 13.8 Å². The summed E-state index contributed by atoms with van der Waals surface area (Å²) in [5.74, 6) is -1.21. The first-order chi connectivity index (χ1) is 10.3. The fourth-order valence-corrected chi connectivity index (χ4v) is 2.40. The molecule has 7 heteroatoms. The molecular weight excluding hydrogens is 306 g/mol. The van der Waals surface area contributed by atoms with E-state index in [9.17, 15) is 14.4 Å². The fourth-order valence-electron chi connectivity index (χ4n) is 2.12. The molecule has 0 atom stereocenters. The van der Waals surface area contributed by atoms with Gasteiger partial charge in [0.25, 0.3) is 11.5 Å². The predicted molar refractivity (Wildman–Crippen MR) is 84.5 cm³/mol. The number of aromatic amines is 1. The number of primary amides is 1. The highest BCUT2D eigenvalue weighted by Crippen LogP contribution is 2.21. The molecule has 0 unspecified atom stereocenters. The van der Waals surface area contributed by atoms with Crippen LogP contribution in [0.15, 0.2) is 29.1 Å². The van der Waals surface area contributed by atoms with E-state index in [2.05, 4.69) is 10.3 Å². The molecular formula is C15H14ClN3O3. The maximum atomic E-state index is 12.2. The van der Waals surface area contributed by atoms with Crippen LogP contribution in [0.1, 0.15) is 32.0 Å².